The predicted octanol–water partition coefficient (Wildman–Crippen LogP) is 0.822. The Morgan fingerprint density at radius 2 is 1.65 bits per heavy atom. The molecular weight excluding hydrogens is 228 g/mol. The highest BCUT2D eigenvalue weighted by molar-refractivity contribution is 4.64. The summed E-state index contributed by atoms with van der Waals surface area (Å²) in [5.41, 5.74) is 0. The monoisotopic (exact) mass is 251 g/mol. The van der Waals surface area contributed by atoms with Gasteiger partial charge in [0.15, 0.2) is 6.10 Å². The van der Waals surface area contributed by atoms with Crippen LogP contribution in [-0.4, -0.2) is 59.3 Å². The lowest BCUT2D eigenvalue weighted by atomic mass is 10.3. The van der Waals surface area contributed by atoms with E-state index in [1.807, 2.05) is 6.92 Å². The van der Waals surface area contributed by atoms with Crippen molar-refractivity contribution >= 4 is 0 Å². The fourth-order valence-corrected chi connectivity index (χ4v) is 1.21. The van der Waals surface area contributed by atoms with Gasteiger partial charge in [-0.2, -0.15) is 0 Å². The summed E-state index contributed by atoms with van der Waals surface area (Å²) in [4.78, 5) is 0. The van der Waals surface area contributed by atoms with Crippen LogP contribution >= 0.6 is 0 Å². The van der Waals surface area contributed by atoms with Crippen LogP contribution in [0.15, 0.2) is 0 Å². The lowest BCUT2D eigenvalue weighted by Crippen LogP contribution is -2.48. The molecule has 0 aliphatic rings. The van der Waals surface area contributed by atoms with E-state index in [1.54, 1.807) is 7.11 Å². The highest BCUT2D eigenvalue weighted by atomic mass is 16.9. The van der Waals surface area contributed by atoms with Crippen molar-refractivity contribution in [3.05, 3.63) is 0 Å². The number of hydrogen-bond donors (Lipinski definition) is 0. The lowest BCUT2D eigenvalue weighted by Gasteiger charge is -2.33. The number of rotatable bonds is 11. The van der Waals surface area contributed by atoms with Crippen LogP contribution in [0.2, 0.25) is 0 Å². The zero-order valence-electron chi connectivity index (χ0n) is 11.1. The molecule has 0 saturated heterocycles. The molecule has 0 heterocycles. The molecule has 0 amide bonds. The minimum absolute atomic E-state index is 0.228. The average Bonchev–Trinajstić information content (AvgIpc) is 2.32. The standard InChI is InChI=1S/C11H23O6/c1-5-15-7-9-17-11(14-4,10(2)12)16-8-6-13-3/h10H,5-9H2,1-4H3. The number of hydrogen-bond acceptors (Lipinski definition) is 5. The van der Waals surface area contributed by atoms with Gasteiger partial charge in [-0.3, -0.25) is 0 Å². The average molecular weight is 251 g/mol. The Bertz CT molecular complexity index is 175. The smallest absolute Gasteiger partial charge is 0.313 e. The van der Waals surface area contributed by atoms with E-state index < -0.39 is 12.1 Å². The lowest BCUT2D eigenvalue weighted by molar-refractivity contribution is -0.411. The van der Waals surface area contributed by atoms with E-state index >= 15 is 0 Å². The molecule has 6 nitrogen and oxygen atoms in total. The van der Waals surface area contributed by atoms with Crippen molar-refractivity contribution in [3.63, 3.8) is 0 Å². The van der Waals surface area contributed by atoms with Gasteiger partial charge in [0.1, 0.15) is 0 Å². The highest BCUT2D eigenvalue weighted by Gasteiger charge is 2.39. The van der Waals surface area contributed by atoms with Crippen LogP contribution in [0.25, 0.3) is 0 Å². The first-order valence-electron chi connectivity index (χ1n) is 5.68. The Morgan fingerprint density at radius 3 is 2.06 bits per heavy atom. The van der Waals surface area contributed by atoms with E-state index in [0.29, 0.717) is 19.8 Å². The molecule has 0 saturated carbocycles. The van der Waals surface area contributed by atoms with E-state index in [9.17, 15) is 5.11 Å². The summed E-state index contributed by atoms with van der Waals surface area (Å²) in [5, 5.41) is 11.6. The maximum absolute atomic E-state index is 11.6. The number of ether oxygens (including phenoxy) is 5. The summed E-state index contributed by atoms with van der Waals surface area (Å²) in [6, 6.07) is 0. The highest BCUT2D eigenvalue weighted by Crippen LogP contribution is 2.19. The van der Waals surface area contributed by atoms with Crippen LogP contribution < -0.4 is 0 Å². The minimum Gasteiger partial charge on any atom is -0.382 e. The van der Waals surface area contributed by atoms with Crippen LogP contribution in [-0.2, 0) is 28.8 Å². The summed E-state index contributed by atoms with van der Waals surface area (Å²) in [6.45, 7) is 5.13. The van der Waals surface area contributed by atoms with Crippen molar-refractivity contribution < 1.29 is 28.8 Å². The summed E-state index contributed by atoms with van der Waals surface area (Å²) in [5.74, 6) is -1.57. The van der Waals surface area contributed by atoms with Crippen molar-refractivity contribution in [2.75, 3.05) is 47.3 Å². The number of methoxy groups -OCH3 is 2. The Labute approximate surface area is 103 Å². The molecule has 0 rings (SSSR count). The predicted molar refractivity (Wildman–Crippen MR) is 60.2 cm³/mol. The molecule has 0 N–H and O–H groups in total. The van der Waals surface area contributed by atoms with Crippen LogP contribution in [0.4, 0.5) is 0 Å². The van der Waals surface area contributed by atoms with Gasteiger partial charge in [-0.05, 0) is 13.8 Å². The quantitative estimate of drug-likeness (QED) is 0.402. The topological polar surface area (TPSA) is 66.1 Å². The van der Waals surface area contributed by atoms with E-state index in [0.717, 1.165) is 0 Å². The maximum atomic E-state index is 11.6. The van der Waals surface area contributed by atoms with Crippen LogP contribution in [0.1, 0.15) is 13.8 Å². The van der Waals surface area contributed by atoms with Crippen LogP contribution in [0.5, 0.6) is 0 Å². The fourth-order valence-electron chi connectivity index (χ4n) is 1.21. The first-order valence-corrected chi connectivity index (χ1v) is 5.68. The van der Waals surface area contributed by atoms with Gasteiger partial charge in [-0.15, -0.1) is 0 Å². The van der Waals surface area contributed by atoms with Crippen molar-refractivity contribution in [1.29, 1.82) is 0 Å². The van der Waals surface area contributed by atoms with Gasteiger partial charge in [0.05, 0.1) is 26.4 Å². The summed E-state index contributed by atoms with van der Waals surface area (Å²) in [6.07, 6.45) is -1.18. The van der Waals surface area contributed by atoms with Crippen molar-refractivity contribution in [2.24, 2.45) is 0 Å². The second kappa shape index (κ2) is 9.76. The largest absolute Gasteiger partial charge is 0.382 e. The molecule has 6 heteroatoms. The Kier molecular flexibility index (Phi) is 9.62. The zero-order chi connectivity index (χ0) is 13.1. The maximum Gasteiger partial charge on any atom is 0.313 e. The molecule has 1 radical (unpaired) electrons. The SMILES string of the molecule is CCOCCOC(OC)(OCCOC)C(C)[O]. The first-order chi connectivity index (χ1) is 8.13. The summed E-state index contributed by atoms with van der Waals surface area (Å²) in [7, 11) is 2.93. The van der Waals surface area contributed by atoms with Gasteiger partial charge in [0.2, 0.25) is 0 Å². The molecular formula is C11H23O6. The van der Waals surface area contributed by atoms with E-state index in [2.05, 4.69) is 0 Å². The molecule has 0 aliphatic heterocycles. The van der Waals surface area contributed by atoms with Gasteiger partial charge < -0.3 is 23.7 Å². The van der Waals surface area contributed by atoms with Gasteiger partial charge in [-0.25, -0.2) is 5.11 Å². The summed E-state index contributed by atoms with van der Waals surface area (Å²) >= 11 is 0. The molecule has 0 aliphatic carbocycles. The molecule has 0 bridgehead atoms. The Balaban J connectivity index is 4.17. The fraction of sp³-hybridized carbons (Fsp3) is 1.00. The molecule has 0 aromatic rings. The molecule has 0 spiro atoms. The van der Waals surface area contributed by atoms with Crippen molar-refractivity contribution in [3.8, 4) is 0 Å². The van der Waals surface area contributed by atoms with Crippen molar-refractivity contribution in [1.82, 2.24) is 0 Å². The van der Waals surface area contributed by atoms with Gasteiger partial charge in [0, 0.05) is 20.8 Å². The van der Waals surface area contributed by atoms with Crippen LogP contribution in [0.3, 0.4) is 0 Å². The van der Waals surface area contributed by atoms with Crippen molar-refractivity contribution in [2.45, 2.75) is 25.9 Å². The van der Waals surface area contributed by atoms with E-state index in [1.165, 1.54) is 14.0 Å². The van der Waals surface area contributed by atoms with Crippen LogP contribution in [0, 0.1) is 0 Å². The molecule has 0 aromatic carbocycles. The Morgan fingerprint density at radius 1 is 1.06 bits per heavy atom. The normalized spacial score (nSPS) is 16.8. The zero-order valence-corrected chi connectivity index (χ0v) is 11.1. The molecule has 0 fully saturated rings. The molecule has 0 aromatic heterocycles. The van der Waals surface area contributed by atoms with E-state index in [4.69, 9.17) is 23.7 Å². The second-order valence-corrected chi connectivity index (χ2v) is 3.34. The first kappa shape index (κ1) is 16.8. The minimum atomic E-state index is -1.57. The van der Waals surface area contributed by atoms with E-state index in [-0.39, 0.29) is 13.2 Å². The van der Waals surface area contributed by atoms with Gasteiger partial charge >= 0.3 is 5.97 Å². The third kappa shape index (κ3) is 6.30. The second-order valence-electron chi connectivity index (χ2n) is 3.34. The summed E-state index contributed by atoms with van der Waals surface area (Å²) < 4.78 is 25.7. The molecule has 2 atom stereocenters. The van der Waals surface area contributed by atoms with Gasteiger partial charge in [-0.1, -0.05) is 0 Å². The third-order valence-electron chi connectivity index (χ3n) is 2.11. The Hall–Kier alpha value is -0.240. The molecule has 103 valence electrons. The van der Waals surface area contributed by atoms with Gasteiger partial charge in [0.25, 0.3) is 0 Å². The molecule has 17 heavy (non-hydrogen) atoms. The third-order valence-corrected chi connectivity index (χ3v) is 2.11. The molecule has 2 unspecified atom stereocenters.